The molecule has 0 radical (unpaired) electrons. The first-order chi connectivity index (χ1) is 33.2. The fourth-order valence-corrected chi connectivity index (χ4v) is 10.7. The summed E-state index contributed by atoms with van der Waals surface area (Å²) < 4.78 is 0. The molecule has 0 N–H and O–H groups in total. The van der Waals surface area contributed by atoms with Crippen molar-refractivity contribution in [3.63, 3.8) is 0 Å². The van der Waals surface area contributed by atoms with Crippen LogP contribution in [0.5, 0.6) is 0 Å². The Morgan fingerprint density at radius 1 is 0.209 bits per heavy atom. The van der Waals surface area contributed by atoms with Gasteiger partial charge in [0.25, 0.3) is 0 Å². The van der Waals surface area contributed by atoms with Crippen LogP contribution >= 0.6 is 0 Å². The van der Waals surface area contributed by atoms with E-state index >= 15 is 0 Å². The van der Waals surface area contributed by atoms with Crippen molar-refractivity contribution in [2.24, 2.45) is 0 Å². The molecule has 0 aliphatic carbocycles. The summed E-state index contributed by atoms with van der Waals surface area (Å²) >= 11 is 0. The molecule has 0 bridgehead atoms. The first kappa shape index (κ1) is 38.7. The highest BCUT2D eigenvalue weighted by atomic mass is 15.1. The average Bonchev–Trinajstić information content (AvgIpc) is 3.41. The van der Waals surface area contributed by atoms with E-state index in [1.165, 1.54) is 109 Å². The molecule has 0 aliphatic rings. The van der Waals surface area contributed by atoms with Gasteiger partial charge in [-0.2, -0.15) is 0 Å². The molecule has 13 rings (SSSR count). The van der Waals surface area contributed by atoms with Gasteiger partial charge in [-0.25, -0.2) is 0 Å². The molecule has 1 nitrogen and oxygen atoms in total. The van der Waals surface area contributed by atoms with E-state index in [-0.39, 0.29) is 0 Å². The van der Waals surface area contributed by atoms with Crippen molar-refractivity contribution in [3.8, 4) is 44.5 Å². The standard InChI is InChI=1S/C66H43N/c1-3-17-47(18-4-1)65-61-27-14-13-25-57(61)59-40-35-49(42-63(59)66(65)48-19-5-2-6-20-48)44-30-36-51(37-31-44)67(64-29-15-28-56-53-22-9-7-16-45(53)34-41-60(56)64)52-38-32-46(33-39-52)62-43-50-21-8-10-23-54(50)55-24-11-12-26-58(55)62/h1-43H. The van der Waals surface area contributed by atoms with Crippen molar-refractivity contribution in [2.45, 2.75) is 0 Å². The molecule has 1 heteroatoms. The van der Waals surface area contributed by atoms with Crippen LogP contribution in [-0.4, -0.2) is 0 Å². The van der Waals surface area contributed by atoms with E-state index in [2.05, 4.69) is 266 Å². The SMILES string of the molecule is c1ccc(-c2c(-c3ccccc3)c3cc(-c4ccc(N(c5ccc(-c6cc7ccccc7c7ccccc67)cc5)c5cccc6c5ccc5ccccc56)cc4)ccc3c3ccccc23)cc1. The monoisotopic (exact) mass is 849 g/mol. The minimum Gasteiger partial charge on any atom is -0.310 e. The minimum absolute atomic E-state index is 1.09. The Kier molecular flexibility index (Phi) is 9.25. The van der Waals surface area contributed by atoms with Gasteiger partial charge in [-0.3, -0.25) is 0 Å². The van der Waals surface area contributed by atoms with Gasteiger partial charge < -0.3 is 4.90 Å². The van der Waals surface area contributed by atoms with Crippen LogP contribution in [0.2, 0.25) is 0 Å². The molecule has 13 aromatic rings. The third-order valence-electron chi connectivity index (χ3n) is 13.8. The van der Waals surface area contributed by atoms with Gasteiger partial charge in [-0.15, -0.1) is 0 Å². The third-order valence-corrected chi connectivity index (χ3v) is 13.8. The predicted molar refractivity (Wildman–Crippen MR) is 288 cm³/mol. The van der Waals surface area contributed by atoms with Crippen LogP contribution in [0.4, 0.5) is 17.1 Å². The Balaban J connectivity index is 0.968. The topological polar surface area (TPSA) is 3.24 Å². The van der Waals surface area contributed by atoms with Crippen molar-refractivity contribution in [1.29, 1.82) is 0 Å². The molecular formula is C66H43N. The Morgan fingerprint density at radius 3 is 1.33 bits per heavy atom. The lowest BCUT2D eigenvalue weighted by molar-refractivity contribution is 1.30. The predicted octanol–water partition coefficient (Wildman–Crippen LogP) is 18.7. The highest BCUT2D eigenvalue weighted by molar-refractivity contribution is 6.22. The summed E-state index contributed by atoms with van der Waals surface area (Å²) in [6.07, 6.45) is 0. The third kappa shape index (κ3) is 6.55. The molecule has 0 saturated carbocycles. The van der Waals surface area contributed by atoms with Gasteiger partial charge in [-0.05, 0) is 146 Å². The molecular weight excluding hydrogens is 807 g/mol. The Bertz CT molecular complexity index is 4000. The van der Waals surface area contributed by atoms with E-state index in [4.69, 9.17) is 0 Å². The summed E-state index contributed by atoms with van der Waals surface area (Å²) in [4.78, 5) is 2.43. The maximum Gasteiger partial charge on any atom is 0.0540 e. The zero-order chi connectivity index (χ0) is 44.3. The number of benzene rings is 13. The summed E-state index contributed by atoms with van der Waals surface area (Å²) in [5.41, 5.74) is 13.1. The molecule has 0 amide bonds. The van der Waals surface area contributed by atoms with Crippen LogP contribution in [0.25, 0.3) is 109 Å². The highest BCUT2D eigenvalue weighted by Gasteiger charge is 2.20. The van der Waals surface area contributed by atoms with Gasteiger partial charge in [0.1, 0.15) is 0 Å². The van der Waals surface area contributed by atoms with Crippen LogP contribution in [0.3, 0.4) is 0 Å². The molecule has 0 spiro atoms. The van der Waals surface area contributed by atoms with Crippen molar-refractivity contribution in [1.82, 2.24) is 0 Å². The van der Waals surface area contributed by atoms with Crippen molar-refractivity contribution >= 4 is 81.7 Å². The summed E-state index contributed by atoms with van der Waals surface area (Å²) in [6.45, 7) is 0. The maximum absolute atomic E-state index is 2.43. The van der Waals surface area contributed by atoms with Crippen molar-refractivity contribution in [2.75, 3.05) is 4.90 Å². The quantitative estimate of drug-likeness (QED) is 0.144. The van der Waals surface area contributed by atoms with Crippen LogP contribution in [-0.2, 0) is 0 Å². The van der Waals surface area contributed by atoms with E-state index in [1.54, 1.807) is 0 Å². The largest absolute Gasteiger partial charge is 0.310 e. The lowest BCUT2D eigenvalue weighted by Crippen LogP contribution is -2.10. The van der Waals surface area contributed by atoms with Crippen LogP contribution < -0.4 is 4.90 Å². The van der Waals surface area contributed by atoms with E-state index in [0.29, 0.717) is 0 Å². The fourth-order valence-electron chi connectivity index (χ4n) is 10.7. The Labute approximate surface area is 390 Å². The first-order valence-corrected chi connectivity index (χ1v) is 23.2. The van der Waals surface area contributed by atoms with Crippen LogP contribution in [0.15, 0.2) is 261 Å². The lowest BCUT2D eigenvalue weighted by Gasteiger charge is -2.27. The van der Waals surface area contributed by atoms with Gasteiger partial charge in [0, 0.05) is 16.8 Å². The maximum atomic E-state index is 2.43. The van der Waals surface area contributed by atoms with Crippen LogP contribution in [0, 0.1) is 0 Å². The summed E-state index contributed by atoms with van der Waals surface area (Å²) in [5, 5.41) is 15.0. The number of rotatable bonds is 7. The number of fused-ring (bicyclic) bond motifs is 9. The fraction of sp³-hybridized carbons (Fsp3) is 0. The summed E-state index contributed by atoms with van der Waals surface area (Å²) in [5.74, 6) is 0. The second kappa shape index (κ2) is 16.0. The molecule has 0 aromatic heterocycles. The number of anilines is 3. The summed E-state index contributed by atoms with van der Waals surface area (Å²) in [7, 11) is 0. The molecule has 0 aliphatic heterocycles. The van der Waals surface area contributed by atoms with E-state index in [9.17, 15) is 0 Å². The van der Waals surface area contributed by atoms with Gasteiger partial charge in [0.05, 0.1) is 5.69 Å². The smallest absolute Gasteiger partial charge is 0.0540 e. The van der Waals surface area contributed by atoms with E-state index < -0.39 is 0 Å². The molecule has 0 saturated heterocycles. The highest BCUT2D eigenvalue weighted by Crippen LogP contribution is 2.47. The lowest BCUT2D eigenvalue weighted by atomic mass is 9.84. The Hall–Kier alpha value is -8.78. The van der Waals surface area contributed by atoms with Gasteiger partial charge in [-0.1, -0.05) is 218 Å². The van der Waals surface area contributed by atoms with Gasteiger partial charge in [0.15, 0.2) is 0 Å². The van der Waals surface area contributed by atoms with Crippen molar-refractivity contribution < 1.29 is 0 Å². The summed E-state index contributed by atoms with van der Waals surface area (Å²) in [6, 6.07) is 95.8. The molecule has 0 fully saturated rings. The molecule has 0 unspecified atom stereocenters. The van der Waals surface area contributed by atoms with E-state index in [1.807, 2.05) is 0 Å². The second-order valence-corrected chi connectivity index (χ2v) is 17.6. The zero-order valence-corrected chi connectivity index (χ0v) is 36.8. The molecule has 0 atom stereocenters. The van der Waals surface area contributed by atoms with Crippen LogP contribution in [0.1, 0.15) is 0 Å². The van der Waals surface area contributed by atoms with Gasteiger partial charge >= 0.3 is 0 Å². The van der Waals surface area contributed by atoms with Crippen molar-refractivity contribution in [3.05, 3.63) is 261 Å². The molecule has 312 valence electrons. The second-order valence-electron chi connectivity index (χ2n) is 17.6. The molecule has 0 heterocycles. The minimum atomic E-state index is 1.09. The molecule has 67 heavy (non-hydrogen) atoms. The normalized spacial score (nSPS) is 11.6. The number of hydrogen-bond acceptors (Lipinski definition) is 1. The average molecular weight is 850 g/mol. The zero-order valence-electron chi connectivity index (χ0n) is 36.8. The number of hydrogen-bond donors (Lipinski definition) is 0. The Morgan fingerprint density at radius 2 is 0.657 bits per heavy atom. The first-order valence-electron chi connectivity index (χ1n) is 23.2. The van der Waals surface area contributed by atoms with E-state index in [0.717, 1.165) is 17.1 Å². The number of nitrogens with zero attached hydrogens (tertiary/aromatic N) is 1. The van der Waals surface area contributed by atoms with Gasteiger partial charge in [0.2, 0.25) is 0 Å². The molecule has 13 aromatic carbocycles.